The molecule has 0 fully saturated rings. The van der Waals surface area contributed by atoms with E-state index in [0.717, 1.165) is 31.7 Å². The van der Waals surface area contributed by atoms with Crippen LogP contribution in [-0.2, 0) is 4.79 Å². The number of benzene rings is 2. The van der Waals surface area contributed by atoms with E-state index in [1.54, 1.807) is 6.07 Å². The van der Waals surface area contributed by atoms with Crippen molar-refractivity contribution in [1.29, 1.82) is 5.41 Å². The Labute approximate surface area is 241 Å². The topological polar surface area (TPSA) is 56.2 Å². The third kappa shape index (κ3) is 15.5. The summed E-state index contributed by atoms with van der Waals surface area (Å²) in [5, 5.41) is 11.0. The largest absolute Gasteiger partial charge is 0.384 e. The molecule has 0 heterocycles. The smallest absolute Gasteiger partial charge is 0.178 e. The van der Waals surface area contributed by atoms with Crippen molar-refractivity contribution >= 4 is 22.9 Å². The van der Waals surface area contributed by atoms with E-state index < -0.39 is 0 Å². The normalized spacial score (nSPS) is 10.2. The van der Waals surface area contributed by atoms with E-state index >= 15 is 0 Å². The molecule has 2 aromatic carbocycles. The molecular formula is C35H59N3O. The van der Waals surface area contributed by atoms with Gasteiger partial charge in [0.15, 0.2) is 5.78 Å². The lowest BCUT2D eigenvalue weighted by atomic mass is 10.0. The highest BCUT2D eigenvalue weighted by atomic mass is 16.1. The average molecular weight is 538 g/mol. The second kappa shape index (κ2) is 22.2. The second-order valence-corrected chi connectivity index (χ2v) is 10.9. The zero-order valence-corrected chi connectivity index (χ0v) is 26.8. The summed E-state index contributed by atoms with van der Waals surface area (Å²) in [7, 11) is 0. The summed E-state index contributed by atoms with van der Waals surface area (Å²) in [5.41, 5.74) is 5.86. The van der Waals surface area contributed by atoms with Crippen LogP contribution in [0.25, 0.3) is 0 Å². The highest BCUT2D eigenvalue weighted by Gasteiger charge is 2.11. The van der Waals surface area contributed by atoms with Crippen LogP contribution in [0.15, 0.2) is 42.5 Å². The van der Waals surface area contributed by atoms with Gasteiger partial charge >= 0.3 is 0 Å². The zero-order valence-electron chi connectivity index (χ0n) is 26.8. The van der Waals surface area contributed by atoms with Crippen molar-refractivity contribution in [2.45, 2.75) is 114 Å². The molecule has 0 spiro atoms. The Morgan fingerprint density at radius 1 is 0.846 bits per heavy atom. The van der Waals surface area contributed by atoms with Crippen LogP contribution in [0, 0.1) is 25.2 Å². The second-order valence-electron chi connectivity index (χ2n) is 10.9. The van der Waals surface area contributed by atoms with E-state index in [1.807, 2.05) is 18.2 Å². The third-order valence-electron chi connectivity index (χ3n) is 6.70. The molecule has 220 valence electrons. The molecule has 0 aliphatic heterocycles. The lowest BCUT2D eigenvalue weighted by Crippen LogP contribution is -2.25. The summed E-state index contributed by atoms with van der Waals surface area (Å²) in [6.07, 6.45) is 10.5. The van der Waals surface area contributed by atoms with Crippen LogP contribution < -0.4 is 10.2 Å². The molecule has 2 rings (SSSR count). The number of nitrogens with zero attached hydrogens (tertiary/aromatic N) is 1. The molecular weight excluding hydrogens is 478 g/mol. The minimum absolute atomic E-state index is 0.0673. The first-order chi connectivity index (χ1) is 18.6. The van der Waals surface area contributed by atoms with Crippen LogP contribution in [0.2, 0.25) is 0 Å². The number of anilines is 2. The molecule has 0 saturated carbocycles. The van der Waals surface area contributed by atoms with E-state index in [2.05, 4.69) is 83.8 Å². The predicted molar refractivity (Wildman–Crippen MR) is 175 cm³/mol. The fourth-order valence-corrected chi connectivity index (χ4v) is 4.19. The first-order valence-electron chi connectivity index (χ1n) is 15.4. The van der Waals surface area contributed by atoms with Gasteiger partial charge in [-0.15, -0.1) is 0 Å². The van der Waals surface area contributed by atoms with Crippen molar-refractivity contribution in [3.8, 4) is 0 Å². The molecule has 0 bridgehead atoms. The van der Waals surface area contributed by atoms with E-state index in [0.29, 0.717) is 11.5 Å². The number of ketones is 1. The van der Waals surface area contributed by atoms with E-state index in [9.17, 15) is 4.79 Å². The highest BCUT2D eigenvalue weighted by Crippen LogP contribution is 2.23. The van der Waals surface area contributed by atoms with E-state index in [-0.39, 0.29) is 11.5 Å². The summed E-state index contributed by atoms with van der Waals surface area (Å²) >= 11 is 0. The number of nitrogens with one attached hydrogen (secondary N) is 2. The van der Waals surface area contributed by atoms with Gasteiger partial charge in [0.25, 0.3) is 0 Å². The molecule has 0 unspecified atom stereocenters. The first-order valence-corrected chi connectivity index (χ1v) is 15.4. The molecule has 0 aliphatic carbocycles. The average Bonchev–Trinajstić information content (AvgIpc) is 2.91. The van der Waals surface area contributed by atoms with Gasteiger partial charge in [0.1, 0.15) is 5.71 Å². The number of carbonyl (C=O) groups is 1. The molecule has 2 N–H and O–H groups in total. The fraction of sp³-hybridized carbons (Fsp3) is 0.600. The SMILES string of the molecule is CC(=O)C(=N)c1ccccc1NCCC(C)C.CCCCCCC.CCCN(CCC)c1cccc(C)c1C. The van der Waals surface area contributed by atoms with Gasteiger partial charge in [-0.3, -0.25) is 10.2 Å². The molecule has 4 heteroatoms. The Morgan fingerprint density at radius 2 is 1.44 bits per heavy atom. The van der Waals surface area contributed by atoms with Crippen molar-refractivity contribution in [3.63, 3.8) is 0 Å². The van der Waals surface area contributed by atoms with Crippen LogP contribution >= 0.6 is 0 Å². The number of hydrogen-bond donors (Lipinski definition) is 2. The van der Waals surface area contributed by atoms with Crippen molar-refractivity contribution in [2.75, 3.05) is 29.9 Å². The van der Waals surface area contributed by atoms with Gasteiger partial charge in [-0.1, -0.05) is 104 Å². The Morgan fingerprint density at radius 3 is 1.95 bits per heavy atom. The van der Waals surface area contributed by atoms with Gasteiger partial charge in [0, 0.05) is 43.5 Å². The standard InChI is InChI=1S/C14H20N2O.C14H23N.C7H16/c1-10(2)8-9-16-13-7-5-4-6-12(13)14(15)11(3)17;1-5-10-15(11-6-2)14-9-7-8-12(3)13(14)4;1-3-5-7-6-4-2/h4-7,10,15-16H,8-9H2,1-3H3;7-9H,5-6,10-11H2,1-4H3;3-7H2,1-2H3. The van der Waals surface area contributed by atoms with Crippen LogP contribution in [0.3, 0.4) is 0 Å². The van der Waals surface area contributed by atoms with Gasteiger partial charge in [-0.2, -0.15) is 0 Å². The lowest BCUT2D eigenvalue weighted by molar-refractivity contribution is -0.111. The van der Waals surface area contributed by atoms with E-state index in [4.69, 9.17) is 5.41 Å². The maximum Gasteiger partial charge on any atom is 0.178 e. The molecule has 0 atom stereocenters. The number of rotatable bonds is 15. The van der Waals surface area contributed by atoms with Crippen molar-refractivity contribution < 1.29 is 4.79 Å². The molecule has 4 nitrogen and oxygen atoms in total. The number of Topliss-reactive ketones (excluding diaryl/α,β-unsaturated/α-hetero) is 1. The fourth-order valence-electron chi connectivity index (χ4n) is 4.19. The number of carbonyl (C=O) groups excluding carboxylic acids is 1. The number of hydrogen-bond acceptors (Lipinski definition) is 4. The van der Waals surface area contributed by atoms with E-state index in [1.165, 1.54) is 68.7 Å². The molecule has 0 aromatic heterocycles. The number of unbranched alkanes of at least 4 members (excludes halogenated alkanes) is 4. The first kappa shape index (κ1) is 36.4. The maximum absolute atomic E-state index is 11.2. The van der Waals surface area contributed by atoms with Crippen LogP contribution in [0.5, 0.6) is 0 Å². The Kier molecular flexibility index (Phi) is 20.7. The van der Waals surface area contributed by atoms with Gasteiger partial charge < -0.3 is 10.2 Å². The van der Waals surface area contributed by atoms with Gasteiger partial charge in [0.2, 0.25) is 0 Å². The summed E-state index contributed by atoms with van der Waals surface area (Å²) in [6, 6.07) is 14.1. The van der Waals surface area contributed by atoms with Gasteiger partial charge in [-0.25, -0.2) is 0 Å². The van der Waals surface area contributed by atoms with Crippen LogP contribution in [0.4, 0.5) is 11.4 Å². The monoisotopic (exact) mass is 537 g/mol. The minimum Gasteiger partial charge on any atom is -0.384 e. The minimum atomic E-state index is -0.205. The van der Waals surface area contributed by atoms with Crippen LogP contribution in [0.1, 0.15) is 117 Å². The third-order valence-corrected chi connectivity index (χ3v) is 6.70. The maximum atomic E-state index is 11.2. The highest BCUT2D eigenvalue weighted by molar-refractivity contribution is 6.45. The number of para-hydroxylation sites is 1. The summed E-state index contributed by atoms with van der Waals surface area (Å²) in [6.45, 7) is 22.4. The van der Waals surface area contributed by atoms with Crippen LogP contribution in [-0.4, -0.2) is 31.1 Å². The van der Waals surface area contributed by atoms with Gasteiger partial charge in [-0.05, 0) is 62.3 Å². The van der Waals surface area contributed by atoms with Crippen molar-refractivity contribution in [1.82, 2.24) is 0 Å². The molecule has 0 radical (unpaired) electrons. The quantitative estimate of drug-likeness (QED) is 0.175. The number of aryl methyl sites for hydroxylation is 1. The predicted octanol–water partition coefficient (Wildman–Crippen LogP) is 10.0. The lowest BCUT2D eigenvalue weighted by Gasteiger charge is -2.26. The zero-order chi connectivity index (χ0) is 29.6. The Balaban J connectivity index is 0.000000602. The molecule has 0 aliphatic rings. The Hall–Kier alpha value is -2.62. The summed E-state index contributed by atoms with van der Waals surface area (Å²) in [4.78, 5) is 13.7. The molecule has 39 heavy (non-hydrogen) atoms. The summed E-state index contributed by atoms with van der Waals surface area (Å²) < 4.78 is 0. The van der Waals surface area contributed by atoms with Crippen molar-refractivity contribution in [2.24, 2.45) is 5.92 Å². The molecule has 0 amide bonds. The Bertz CT molecular complexity index is 925. The summed E-state index contributed by atoms with van der Waals surface area (Å²) in [5.74, 6) is 0.435. The molecule has 0 saturated heterocycles. The molecule has 2 aromatic rings. The van der Waals surface area contributed by atoms with Gasteiger partial charge in [0.05, 0.1) is 0 Å². The van der Waals surface area contributed by atoms with Crippen molar-refractivity contribution in [3.05, 3.63) is 59.2 Å².